The molecule has 1 rings (SSSR count). The lowest BCUT2D eigenvalue weighted by Crippen LogP contribution is -2.36. The molecule has 0 saturated carbocycles. The van der Waals surface area contributed by atoms with Gasteiger partial charge in [-0.25, -0.2) is 4.98 Å². The number of ether oxygens (including phenoxy) is 1. The SMILES string of the molecule is COCCN(CCO)C(=O)c1cc(N)nc(Cl)c1. The first-order valence-electron chi connectivity index (χ1n) is 5.40. The van der Waals surface area contributed by atoms with Gasteiger partial charge in [-0.3, -0.25) is 4.79 Å². The quantitative estimate of drug-likeness (QED) is 0.733. The molecule has 3 N–H and O–H groups in total. The predicted molar refractivity (Wildman–Crippen MR) is 68.5 cm³/mol. The van der Waals surface area contributed by atoms with E-state index in [1.807, 2.05) is 0 Å². The number of aromatic nitrogens is 1. The monoisotopic (exact) mass is 273 g/mol. The van der Waals surface area contributed by atoms with Crippen molar-refractivity contribution in [2.75, 3.05) is 39.1 Å². The number of nitrogen functional groups attached to an aromatic ring is 1. The lowest BCUT2D eigenvalue weighted by atomic mass is 10.2. The molecule has 0 radical (unpaired) electrons. The zero-order chi connectivity index (χ0) is 13.5. The van der Waals surface area contributed by atoms with Gasteiger partial charge in [0, 0.05) is 25.8 Å². The molecule has 1 aromatic heterocycles. The van der Waals surface area contributed by atoms with Crippen LogP contribution in [0.4, 0.5) is 5.82 Å². The predicted octanol–water partition coefficient (Wildman–Crippen LogP) is 0.398. The molecule has 18 heavy (non-hydrogen) atoms. The van der Waals surface area contributed by atoms with Crippen molar-refractivity contribution in [1.29, 1.82) is 0 Å². The number of nitrogens with zero attached hydrogens (tertiary/aromatic N) is 2. The van der Waals surface area contributed by atoms with Crippen LogP contribution >= 0.6 is 11.6 Å². The van der Waals surface area contributed by atoms with Gasteiger partial charge in [0.25, 0.3) is 5.91 Å². The minimum absolute atomic E-state index is 0.121. The van der Waals surface area contributed by atoms with E-state index in [1.54, 1.807) is 7.11 Å². The molecule has 0 atom stereocenters. The Morgan fingerprint density at radius 1 is 1.56 bits per heavy atom. The van der Waals surface area contributed by atoms with Crippen LogP contribution < -0.4 is 5.73 Å². The summed E-state index contributed by atoms with van der Waals surface area (Å²) in [6, 6.07) is 2.89. The summed E-state index contributed by atoms with van der Waals surface area (Å²) in [4.78, 5) is 17.4. The highest BCUT2D eigenvalue weighted by Crippen LogP contribution is 2.14. The van der Waals surface area contributed by atoms with Crippen molar-refractivity contribution in [3.05, 3.63) is 22.8 Å². The average molecular weight is 274 g/mol. The fourth-order valence-electron chi connectivity index (χ4n) is 1.46. The summed E-state index contributed by atoms with van der Waals surface area (Å²) in [7, 11) is 1.54. The molecule has 0 aliphatic heterocycles. The van der Waals surface area contributed by atoms with Crippen molar-refractivity contribution in [1.82, 2.24) is 9.88 Å². The van der Waals surface area contributed by atoms with Crippen LogP contribution in [-0.4, -0.2) is 54.3 Å². The summed E-state index contributed by atoms with van der Waals surface area (Å²) in [5, 5.41) is 9.10. The summed E-state index contributed by atoms with van der Waals surface area (Å²) in [6.45, 7) is 0.877. The summed E-state index contributed by atoms with van der Waals surface area (Å²) < 4.78 is 4.91. The van der Waals surface area contributed by atoms with E-state index in [0.29, 0.717) is 18.7 Å². The number of pyridine rings is 1. The standard InChI is InChI=1S/C11H16ClN3O3/c1-18-5-3-15(2-4-16)11(17)8-6-9(12)14-10(13)7-8/h6-7,16H,2-5H2,1H3,(H2,13,14). The van der Waals surface area contributed by atoms with E-state index >= 15 is 0 Å². The Kier molecular flexibility index (Phi) is 5.84. The van der Waals surface area contributed by atoms with Crippen molar-refractivity contribution in [2.45, 2.75) is 0 Å². The second kappa shape index (κ2) is 7.15. The third-order valence-corrected chi connectivity index (χ3v) is 2.48. The Morgan fingerprint density at radius 2 is 2.28 bits per heavy atom. The smallest absolute Gasteiger partial charge is 0.254 e. The number of halogens is 1. The number of hydrogen-bond acceptors (Lipinski definition) is 5. The van der Waals surface area contributed by atoms with Crippen LogP contribution in [0.25, 0.3) is 0 Å². The minimum Gasteiger partial charge on any atom is -0.395 e. The van der Waals surface area contributed by atoms with Crippen molar-refractivity contribution in [3.63, 3.8) is 0 Å². The topological polar surface area (TPSA) is 88.7 Å². The second-order valence-corrected chi connectivity index (χ2v) is 4.00. The third kappa shape index (κ3) is 4.14. The minimum atomic E-state index is -0.267. The van der Waals surface area contributed by atoms with Crippen LogP contribution in [0.3, 0.4) is 0 Å². The summed E-state index contributed by atoms with van der Waals surface area (Å²) in [5.41, 5.74) is 5.88. The van der Waals surface area contributed by atoms with Gasteiger partial charge in [-0.1, -0.05) is 11.6 Å². The summed E-state index contributed by atoms with van der Waals surface area (Å²) in [5.74, 6) is -0.0846. The fourth-order valence-corrected chi connectivity index (χ4v) is 1.68. The molecule has 0 aliphatic carbocycles. The van der Waals surface area contributed by atoms with Gasteiger partial charge in [0.1, 0.15) is 11.0 Å². The van der Waals surface area contributed by atoms with Crippen LogP contribution in [0.5, 0.6) is 0 Å². The number of anilines is 1. The van der Waals surface area contributed by atoms with E-state index in [-0.39, 0.29) is 30.0 Å². The largest absolute Gasteiger partial charge is 0.395 e. The molecule has 7 heteroatoms. The van der Waals surface area contributed by atoms with Gasteiger partial charge in [-0.15, -0.1) is 0 Å². The van der Waals surface area contributed by atoms with Crippen LogP contribution in [0.15, 0.2) is 12.1 Å². The maximum Gasteiger partial charge on any atom is 0.254 e. The number of nitrogens with two attached hydrogens (primary N) is 1. The number of amides is 1. The molecule has 0 fully saturated rings. The van der Waals surface area contributed by atoms with Gasteiger partial charge in [-0.05, 0) is 12.1 Å². The van der Waals surface area contributed by atoms with E-state index in [4.69, 9.17) is 27.2 Å². The number of hydrogen-bond donors (Lipinski definition) is 2. The molecular weight excluding hydrogens is 258 g/mol. The van der Waals surface area contributed by atoms with Gasteiger partial charge in [0.05, 0.1) is 13.2 Å². The highest BCUT2D eigenvalue weighted by Gasteiger charge is 2.16. The highest BCUT2D eigenvalue weighted by molar-refractivity contribution is 6.29. The van der Waals surface area contributed by atoms with E-state index in [2.05, 4.69) is 4.98 Å². The van der Waals surface area contributed by atoms with E-state index < -0.39 is 0 Å². The molecule has 1 amide bonds. The molecule has 0 aliphatic rings. The summed E-state index contributed by atoms with van der Waals surface area (Å²) in [6.07, 6.45) is 0. The molecule has 0 saturated heterocycles. The Balaban J connectivity index is 2.86. The Bertz CT molecular complexity index is 394. The van der Waals surface area contributed by atoms with Gasteiger partial charge in [0.2, 0.25) is 0 Å². The summed E-state index contributed by atoms with van der Waals surface area (Å²) >= 11 is 5.74. The lowest BCUT2D eigenvalue weighted by Gasteiger charge is -2.21. The van der Waals surface area contributed by atoms with Gasteiger partial charge in [-0.2, -0.15) is 0 Å². The number of methoxy groups -OCH3 is 1. The molecule has 0 aromatic carbocycles. The average Bonchev–Trinajstić information content (AvgIpc) is 2.32. The molecule has 100 valence electrons. The highest BCUT2D eigenvalue weighted by atomic mass is 35.5. The van der Waals surface area contributed by atoms with Gasteiger partial charge in [0.15, 0.2) is 0 Å². The molecule has 0 spiro atoms. The Morgan fingerprint density at radius 3 is 2.83 bits per heavy atom. The molecule has 1 heterocycles. The molecule has 6 nitrogen and oxygen atoms in total. The van der Waals surface area contributed by atoms with Crippen molar-refractivity contribution < 1.29 is 14.6 Å². The number of aliphatic hydroxyl groups is 1. The van der Waals surface area contributed by atoms with Crippen LogP contribution in [0, 0.1) is 0 Å². The Labute approximate surface area is 110 Å². The van der Waals surface area contributed by atoms with Crippen molar-refractivity contribution in [3.8, 4) is 0 Å². The fraction of sp³-hybridized carbons (Fsp3) is 0.455. The number of carbonyl (C=O) groups is 1. The molecule has 0 unspecified atom stereocenters. The second-order valence-electron chi connectivity index (χ2n) is 3.61. The van der Waals surface area contributed by atoms with Crippen molar-refractivity contribution in [2.24, 2.45) is 0 Å². The number of aliphatic hydroxyl groups excluding tert-OH is 1. The third-order valence-electron chi connectivity index (χ3n) is 2.28. The number of rotatable bonds is 6. The van der Waals surface area contributed by atoms with Gasteiger partial charge < -0.3 is 20.5 Å². The first-order chi connectivity index (χ1) is 8.58. The zero-order valence-corrected chi connectivity index (χ0v) is 10.9. The number of carbonyl (C=O) groups excluding carboxylic acids is 1. The first-order valence-corrected chi connectivity index (χ1v) is 5.78. The van der Waals surface area contributed by atoms with E-state index in [0.717, 1.165) is 0 Å². The van der Waals surface area contributed by atoms with E-state index in [9.17, 15) is 4.79 Å². The van der Waals surface area contributed by atoms with Crippen LogP contribution in [0.1, 0.15) is 10.4 Å². The van der Waals surface area contributed by atoms with Crippen molar-refractivity contribution >= 4 is 23.3 Å². The first kappa shape index (κ1) is 14.7. The van der Waals surface area contributed by atoms with Gasteiger partial charge >= 0.3 is 0 Å². The maximum absolute atomic E-state index is 12.2. The molecule has 0 bridgehead atoms. The Hall–Kier alpha value is -1.37. The maximum atomic E-state index is 12.2. The lowest BCUT2D eigenvalue weighted by molar-refractivity contribution is 0.0656. The zero-order valence-electron chi connectivity index (χ0n) is 10.1. The molecule has 1 aromatic rings. The van der Waals surface area contributed by atoms with Crippen LogP contribution in [0.2, 0.25) is 5.15 Å². The van der Waals surface area contributed by atoms with E-state index in [1.165, 1.54) is 17.0 Å². The molecular formula is C11H16ClN3O3. The van der Waals surface area contributed by atoms with Crippen LogP contribution in [-0.2, 0) is 4.74 Å². The normalized spacial score (nSPS) is 10.4.